The quantitative estimate of drug-likeness (QED) is 0.733. The number of benzene rings is 1. The molecule has 1 heterocycles. The van der Waals surface area contributed by atoms with Gasteiger partial charge in [-0.05, 0) is 32.2 Å². The van der Waals surface area contributed by atoms with Crippen molar-refractivity contribution in [1.29, 1.82) is 0 Å². The summed E-state index contributed by atoms with van der Waals surface area (Å²) in [5.41, 5.74) is 1.59. The molecule has 1 amide bonds. The highest BCUT2D eigenvalue weighted by molar-refractivity contribution is 5.97. The summed E-state index contributed by atoms with van der Waals surface area (Å²) in [7, 11) is 1.86. The Balaban J connectivity index is 2.13. The molecule has 0 radical (unpaired) electrons. The molecule has 0 aliphatic heterocycles. The van der Waals surface area contributed by atoms with Gasteiger partial charge in [0.05, 0.1) is 11.7 Å². The average molecular weight is 232 g/mol. The van der Waals surface area contributed by atoms with E-state index >= 15 is 0 Å². The van der Waals surface area contributed by atoms with E-state index in [2.05, 4.69) is 20.8 Å². The van der Waals surface area contributed by atoms with Crippen LogP contribution in [0.5, 0.6) is 0 Å². The maximum absolute atomic E-state index is 11.9. The Hall–Kier alpha value is -1.88. The maximum atomic E-state index is 11.9. The summed E-state index contributed by atoms with van der Waals surface area (Å²) in [5, 5.41) is 13.7. The molecule has 0 bridgehead atoms. The molecule has 5 heteroatoms. The predicted molar refractivity (Wildman–Crippen MR) is 66.9 cm³/mol. The van der Waals surface area contributed by atoms with Crippen LogP contribution in [0.25, 0.3) is 10.9 Å². The number of amides is 1. The first kappa shape index (κ1) is 11.6. The van der Waals surface area contributed by atoms with Crippen molar-refractivity contribution in [3.63, 3.8) is 0 Å². The molecule has 0 saturated heterocycles. The molecule has 0 aliphatic rings. The van der Waals surface area contributed by atoms with Crippen molar-refractivity contribution in [3.8, 4) is 0 Å². The summed E-state index contributed by atoms with van der Waals surface area (Å²) in [6.45, 7) is 2.71. The Bertz CT molecular complexity index is 520. The van der Waals surface area contributed by atoms with E-state index in [4.69, 9.17) is 0 Å². The monoisotopic (exact) mass is 232 g/mol. The predicted octanol–water partition coefficient (Wildman–Crippen LogP) is 0.901. The molecule has 1 aromatic heterocycles. The number of hydrogen-bond acceptors (Lipinski definition) is 3. The number of likely N-dealkylation sites (N-methyl/N-ethyl adjacent to an activating group) is 1. The highest BCUT2D eigenvalue weighted by atomic mass is 16.1. The lowest BCUT2D eigenvalue weighted by Gasteiger charge is -2.13. The van der Waals surface area contributed by atoms with E-state index in [1.807, 2.05) is 26.1 Å². The van der Waals surface area contributed by atoms with Gasteiger partial charge < -0.3 is 10.6 Å². The molecule has 0 spiro atoms. The summed E-state index contributed by atoms with van der Waals surface area (Å²) in [6.07, 6.45) is 1.71. The van der Waals surface area contributed by atoms with Crippen molar-refractivity contribution in [3.05, 3.63) is 30.0 Å². The fourth-order valence-electron chi connectivity index (χ4n) is 1.75. The van der Waals surface area contributed by atoms with Crippen molar-refractivity contribution in [2.75, 3.05) is 13.6 Å². The number of nitrogens with zero attached hydrogens (tertiary/aromatic N) is 1. The number of rotatable bonds is 4. The van der Waals surface area contributed by atoms with Crippen LogP contribution in [-0.2, 0) is 0 Å². The van der Waals surface area contributed by atoms with E-state index < -0.39 is 0 Å². The molecule has 5 nitrogen and oxygen atoms in total. The lowest BCUT2D eigenvalue weighted by molar-refractivity contribution is 0.0940. The third-order valence-corrected chi connectivity index (χ3v) is 2.59. The van der Waals surface area contributed by atoms with Gasteiger partial charge in [-0.1, -0.05) is 0 Å². The second-order valence-corrected chi connectivity index (χ2v) is 4.10. The summed E-state index contributed by atoms with van der Waals surface area (Å²) in [5.74, 6) is -0.0594. The standard InChI is InChI=1S/C12H16N4O/c1-8(6-13-2)15-12(17)9-3-4-11-10(5-9)7-14-16-11/h3-5,7-8,13H,6H2,1-2H3,(H,14,16)(H,15,17). The smallest absolute Gasteiger partial charge is 0.251 e. The van der Waals surface area contributed by atoms with Gasteiger partial charge in [-0.3, -0.25) is 9.89 Å². The maximum Gasteiger partial charge on any atom is 0.251 e. The molecule has 2 aromatic rings. The molecule has 0 fully saturated rings. The minimum absolute atomic E-state index is 0.0594. The Morgan fingerprint density at radius 3 is 3.12 bits per heavy atom. The van der Waals surface area contributed by atoms with Crippen LogP contribution >= 0.6 is 0 Å². The zero-order valence-electron chi connectivity index (χ0n) is 9.95. The molecule has 2 rings (SSSR count). The van der Waals surface area contributed by atoms with Crippen LogP contribution in [0.4, 0.5) is 0 Å². The molecule has 3 N–H and O–H groups in total. The number of aromatic nitrogens is 2. The van der Waals surface area contributed by atoms with Crippen LogP contribution in [-0.4, -0.2) is 35.7 Å². The molecule has 1 atom stereocenters. The molecule has 1 aromatic carbocycles. The highest BCUT2D eigenvalue weighted by Gasteiger charge is 2.09. The number of aromatic amines is 1. The van der Waals surface area contributed by atoms with Crippen molar-refractivity contribution in [2.45, 2.75) is 13.0 Å². The van der Waals surface area contributed by atoms with Gasteiger partial charge >= 0.3 is 0 Å². The second-order valence-electron chi connectivity index (χ2n) is 4.10. The molecule has 90 valence electrons. The fourth-order valence-corrected chi connectivity index (χ4v) is 1.75. The van der Waals surface area contributed by atoms with Gasteiger partial charge in [0.2, 0.25) is 0 Å². The third-order valence-electron chi connectivity index (χ3n) is 2.59. The van der Waals surface area contributed by atoms with Crippen molar-refractivity contribution >= 4 is 16.8 Å². The van der Waals surface area contributed by atoms with Gasteiger partial charge in [0.15, 0.2) is 0 Å². The van der Waals surface area contributed by atoms with Gasteiger partial charge in [-0.15, -0.1) is 0 Å². The van der Waals surface area contributed by atoms with Crippen LogP contribution in [0.3, 0.4) is 0 Å². The van der Waals surface area contributed by atoms with Crippen LogP contribution in [0.1, 0.15) is 17.3 Å². The number of fused-ring (bicyclic) bond motifs is 1. The SMILES string of the molecule is CNCC(C)NC(=O)c1ccc2[nH]ncc2c1. The highest BCUT2D eigenvalue weighted by Crippen LogP contribution is 2.12. The van der Waals surface area contributed by atoms with Crippen LogP contribution < -0.4 is 10.6 Å². The number of nitrogens with one attached hydrogen (secondary N) is 3. The van der Waals surface area contributed by atoms with E-state index in [1.165, 1.54) is 0 Å². The van der Waals surface area contributed by atoms with E-state index in [1.54, 1.807) is 12.3 Å². The Labute approximate surface area is 99.6 Å². The van der Waals surface area contributed by atoms with E-state index in [0.29, 0.717) is 5.56 Å². The van der Waals surface area contributed by atoms with Crippen molar-refractivity contribution in [1.82, 2.24) is 20.8 Å². The van der Waals surface area contributed by atoms with Gasteiger partial charge in [-0.2, -0.15) is 5.10 Å². The van der Waals surface area contributed by atoms with Gasteiger partial charge in [0.1, 0.15) is 0 Å². The van der Waals surface area contributed by atoms with Crippen LogP contribution in [0, 0.1) is 0 Å². The van der Waals surface area contributed by atoms with E-state index in [0.717, 1.165) is 17.4 Å². The Morgan fingerprint density at radius 2 is 2.35 bits per heavy atom. The topological polar surface area (TPSA) is 69.8 Å². The second kappa shape index (κ2) is 4.97. The first-order valence-corrected chi connectivity index (χ1v) is 5.59. The zero-order valence-corrected chi connectivity index (χ0v) is 9.95. The zero-order chi connectivity index (χ0) is 12.3. The van der Waals surface area contributed by atoms with Gasteiger partial charge in [0, 0.05) is 23.5 Å². The largest absolute Gasteiger partial charge is 0.348 e. The van der Waals surface area contributed by atoms with E-state index in [9.17, 15) is 4.79 Å². The van der Waals surface area contributed by atoms with Gasteiger partial charge in [-0.25, -0.2) is 0 Å². The molecule has 17 heavy (non-hydrogen) atoms. The number of carbonyl (C=O) groups excluding carboxylic acids is 1. The normalized spacial score (nSPS) is 12.6. The van der Waals surface area contributed by atoms with Gasteiger partial charge in [0.25, 0.3) is 5.91 Å². The lowest BCUT2D eigenvalue weighted by Crippen LogP contribution is -2.38. The van der Waals surface area contributed by atoms with Crippen molar-refractivity contribution < 1.29 is 4.79 Å². The first-order chi connectivity index (χ1) is 8.20. The van der Waals surface area contributed by atoms with Crippen LogP contribution in [0.15, 0.2) is 24.4 Å². The minimum atomic E-state index is -0.0594. The summed E-state index contributed by atoms with van der Waals surface area (Å²) < 4.78 is 0. The first-order valence-electron chi connectivity index (χ1n) is 5.59. The number of H-pyrrole nitrogens is 1. The molecule has 1 unspecified atom stereocenters. The van der Waals surface area contributed by atoms with Crippen LogP contribution in [0.2, 0.25) is 0 Å². The number of carbonyl (C=O) groups is 1. The molecule has 0 saturated carbocycles. The Morgan fingerprint density at radius 1 is 1.53 bits per heavy atom. The average Bonchev–Trinajstić information content (AvgIpc) is 2.75. The minimum Gasteiger partial charge on any atom is -0.348 e. The van der Waals surface area contributed by atoms with E-state index in [-0.39, 0.29) is 11.9 Å². The molecule has 0 aliphatic carbocycles. The number of hydrogen-bond donors (Lipinski definition) is 3. The molecular weight excluding hydrogens is 216 g/mol. The molecular formula is C12H16N4O. The lowest BCUT2D eigenvalue weighted by atomic mass is 10.1. The third kappa shape index (κ3) is 2.62. The summed E-state index contributed by atoms with van der Waals surface area (Å²) in [6, 6.07) is 5.59. The van der Waals surface area contributed by atoms with Crippen molar-refractivity contribution in [2.24, 2.45) is 0 Å². The summed E-state index contributed by atoms with van der Waals surface area (Å²) >= 11 is 0. The Kier molecular flexibility index (Phi) is 3.39. The fraction of sp³-hybridized carbons (Fsp3) is 0.333. The summed E-state index contributed by atoms with van der Waals surface area (Å²) in [4.78, 5) is 11.9.